The van der Waals surface area contributed by atoms with E-state index in [9.17, 15) is 13.2 Å². The van der Waals surface area contributed by atoms with Crippen LogP contribution in [0.1, 0.15) is 40.2 Å². The summed E-state index contributed by atoms with van der Waals surface area (Å²) < 4.78 is 26.0. The maximum atomic E-state index is 12.6. The smallest absolute Gasteiger partial charge is 0.257 e. The number of rotatable bonds is 3. The lowest BCUT2D eigenvalue weighted by Crippen LogP contribution is -2.38. The van der Waals surface area contributed by atoms with E-state index in [-0.39, 0.29) is 11.7 Å². The third-order valence-corrected chi connectivity index (χ3v) is 7.89. The minimum absolute atomic E-state index is 0.102. The van der Waals surface area contributed by atoms with E-state index in [2.05, 4.69) is 10.3 Å². The van der Waals surface area contributed by atoms with Gasteiger partial charge in [0.1, 0.15) is 0 Å². The maximum absolute atomic E-state index is 12.6. The molecule has 1 saturated heterocycles. The fourth-order valence-corrected chi connectivity index (χ4v) is 6.28. The second-order valence-electron chi connectivity index (χ2n) is 6.46. The number of amides is 1. The van der Waals surface area contributed by atoms with Crippen molar-refractivity contribution in [2.24, 2.45) is 0 Å². The molecular formula is C17H18ClN3O3S2. The van der Waals surface area contributed by atoms with E-state index in [4.69, 9.17) is 11.6 Å². The Bertz CT molecular complexity index is 950. The Hall–Kier alpha value is -1.64. The third-order valence-electron chi connectivity index (χ3n) is 4.64. The number of nitrogens with zero attached hydrogens (tertiary/aromatic N) is 2. The van der Waals surface area contributed by atoms with Crippen molar-refractivity contribution in [2.45, 2.75) is 32.1 Å². The van der Waals surface area contributed by atoms with Crippen molar-refractivity contribution < 1.29 is 13.2 Å². The van der Waals surface area contributed by atoms with Gasteiger partial charge in [-0.25, -0.2) is 13.4 Å². The lowest BCUT2D eigenvalue weighted by atomic mass is 10.2. The molecule has 1 amide bonds. The van der Waals surface area contributed by atoms with Gasteiger partial charge in [-0.05, 0) is 50.3 Å². The Labute approximate surface area is 161 Å². The number of sulfonamides is 1. The number of hydrogen-bond donors (Lipinski definition) is 1. The number of aryl methyl sites for hydroxylation is 2. The van der Waals surface area contributed by atoms with Crippen LogP contribution in [-0.4, -0.2) is 31.6 Å². The van der Waals surface area contributed by atoms with E-state index in [0.29, 0.717) is 34.4 Å². The Balaban J connectivity index is 1.59. The molecule has 2 aliphatic rings. The molecule has 0 bridgehead atoms. The number of benzene rings is 1. The molecule has 2 heterocycles. The van der Waals surface area contributed by atoms with E-state index in [1.165, 1.54) is 20.5 Å². The molecule has 0 radical (unpaired) electrons. The average molecular weight is 412 g/mol. The summed E-state index contributed by atoms with van der Waals surface area (Å²) in [5.74, 6) is -0.213. The van der Waals surface area contributed by atoms with Crippen LogP contribution in [0.4, 0.5) is 10.8 Å². The number of carbonyl (C=O) groups is 1. The number of fused-ring (bicyclic) bond motifs is 1. The molecule has 0 unspecified atom stereocenters. The van der Waals surface area contributed by atoms with Crippen LogP contribution in [0.5, 0.6) is 0 Å². The summed E-state index contributed by atoms with van der Waals surface area (Å²) >= 11 is 7.73. The van der Waals surface area contributed by atoms with E-state index in [1.54, 1.807) is 18.2 Å². The molecule has 0 spiro atoms. The van der Waals surface area contributed by atoms with Gasteiger partial charge in [0.05, 0.1) is 22.2 Å². The first-order chi connectivity index (χ1) is 12.4. The van der Waals surface area contributed by atoms with Gasteiger partial charge >= 0.3 is 0 Å². The second-order valence-corrected chi connectivity index (χ2v) is 9.96. The zero-order valence-corrected chi connectivity index (χ0v) is 16.4. The fraction of sp³-hybridized carbons (Fsp3) is 0.412. The quantitative estimate of drug-likeness (QED) is 0.838. The topological polar surface area (TPSA) is 79.4 Å². The van der Waals surface area contributed by atoms with Crippen LogP contribution in [0.3, 0.4) is 0 Å². The predicted molar refractivity (Wildman–Crippen MR) is 104 cm³/mol. The van der Waals surface area contributed by atoms with Crippen molar-refractivity contribution >= 4 is 49.7 Å². The highest BCUT2D eigenvalue weighted by Crippen LogP contribution is 2.33. The molecular weight excluding hydrogens is 394 g/mol. The molecule has 9 heteroatoms. The number of carbonyl (C=O) groups excluding carboxylic acids is 1. The first-order valence-electron chi connectivity index (χ1n) is 8.54. The van der Waals surface area contributed by atoms with Gasteiger partial charge in [-0.3, -0.25) is 14.4 Å². The van der Waals surface area contributed by atoms with Crippen molar-refractivity contribution in [1.82, 2.24) is 4.98 Å². The normalized spacial score (nSPS) is 18.6. The zero-order valence-electron chi connectivity index (χ0n) is 14.0. The van der Waals surface area contributed by atoms with Gasteiger partial charge in [-0.1, -0.05) is 11.6 Å². The highest BCUT2D eigenvalue weighted by molar-refractivity contribution is 7.92. The summed E-state index contributed by atoms with van der Waals surface area (Å²) in [6, 6.07) is 4.71. The summed E-state index contributed by atoms with van der Waals surface area (Å²) in [7, 11) is -3.39. The van der Waals surface area contributed by atoms with E-state index < -0.39 is 10.0 Å². The van der Waals surface area contributed by atoms with E-state index in [0.717, 1.165) is 31.4 Å². The van der Waals surface area contributed by atoms with Gasteiger partial charge in [-0.15, -0.1) is 11.3 Å². The van der Waals surface area contributed by atoms with Gasteiger partial charge in [0.15, 0.2) is 5.13 Å². The van der Waals surface area contributed by atoms with Crippen molar-refractivity contribution in [3.8, 4) is 0 Å². The molecule has 4 rings (SSSR count). The predicted octanol–water partition coefficient (Wildman–Crippen LogP) is 3.47. The molecule has 1 N–H and O–H groups in total. The third kappa shape index (κ3) is 3.33. The number of aromatic nitrogens is 1. The van der Waals surface area contributed by atoms with Gasteiger partial charge in [0.2, 0.25) is 10.0 Å². The van der Waals surface area contributed by atoms with Crippen LogP contribution in [0.15, 0.2) is 18.2 Å². The molecule has 2 aromatic rings. The Morgan fingerprint density at radius 1 is 1.23 bits per heavy atom. The summed E-state index contributed by atoms with van der Waals surface area (Å²) in [6.45, 7) is 0.381. The Morgan fingerprint density at radius 3 is 2.85 bits per heavy atom. The Morgan fingerprint density at radius 2 is 2.08 bits per heavy atom. The highest BCUT2D eigenvalue weighted by Gasteiger charge is 2.28. The first kappa shape index (κ1) is 17.8. The number of anilines is 2. The minimum Gasteiger partial charge on any atom is -0.298 e. The maximum Gasteiger partial charge on any atom is 0.257 e. The molecule has 1 aliphatic carbocycles. The van der Waals surface area contributed by atoms with Crippen LogP contribution in [0, 0.1) is 0 Å². The number of thiazole rings is 1. The summed E-state index contributed by atoms with van der Waals surface area (Å²) in [6.07, 6.45) is 4.51. The van der Waals surface area contributed by atoms with Gasteiger partial charge in [0.25, 0.3) is 5.91 Å². The molecule has 138 valence electrons. The first-order valence-corrected chi connectivity index (χ1v) is 11.3. The van der Waals surface area contributed by atoms with Gasteiger partial charge in [0, 0.05) is 17.0 Å². The van der Waals surface area contributed by atoms with Crippen LogP contribution in [0.2, 0.25) is 5.02 Å². The summed E-state index contributed by atoms with van der Waals surface area (Å²) in [4.78, 5) is 18.3. The lowest BCUT2D eigenvalue weighted by molar-refractivity contribution is 0.102. The van der Waals surface area contributed by atoms with Crippen LogP contribution in [0.25, 0.3) is 0 Å². The van der Waals surface area contributed by atoms with Gasteiger partial charge < -0.3 is 0 Å². The molecule has 1 fully saturated rings. The molecule has 26 heavy (non-hydrogen) atoms. The standard InChI is InChI=1S/C17H18ClN3O3S2/c18-12-7-6-11(10-14(12)21-8-1-2-9-26(21,23)24)16(22)20-17-19-13-4-3-5-15(13)25-17/h6-7,10H,1-5,8-9H2,(H,19,20,22). The van der Waals surface area contributed by atoms with E-state index in [1.807, 2.05) is 0 Å². The summed E-state index contributed by atoms with van der Waals surface area (Å²) in [5.41, 5.74) is 1.79. The molecule has 1 aliphatic heterocycles. The Kier molecular flexibility index (Phi) is 4.66. The largest absolute Gasteiger partial charge is 0.298 e. The number of nitrogens with one attached hydrogen (secondary N) is 1. The van der Waals surface area contributed by atoms with Crippen LogP contribution in [-0.2, 0) is 22.9 Å². The van der Waals surface area contributed by atoms with Crippen LogP contribution >= 0.6 is 22.9 Å². The number of hydrogen-bond acceptors (Lipinski definition) is 5. The molecule has 0 saturated carbocycles. The minimum atomic E-state index is -3.39. The molecule has 0 atom stereocenters. The SMILES string of the molecule is O=C(Nc1nc2c(s1)CCC2)c1ccc(Cl)c(N2CCCCS2(=O)=O)c1. The lowest BCUT2D eigenvalue weighted by Gasteiger charge is -2.29. The van der Waals surface area contributed by atoms with Gasteiger partial charge in [-0.2, -0.15) is 0 Å². The molecule has 1 aromatic carbocycles. The monoisotopic (exact) mass is 411 g/mol. The van der Waals surface area contributed by atoms with Crippen molar-refractivity contribution in [2.75, 3.05) is 21.9 Å². The molecule has 1 aromatic heterocycles. The van der Waals surface area contributed by atoms with E-state index >= 15 is 0 Å². The highest BCUT2D eigenvalue weighted by atomic mass is 35.5. The molecule has 6 nitrogen and oxygen atoms in total. The zero-order chi connectivity index (χ0) is 18.3. The fourth-order valence-electron chi connectivity index (χ4n) is 3.32. The second kappa shape index (κ2) is 6.83. The number of halogens is 1. The van der Waals surface area contributed by atoms with Crippen molar-refractivity contribution in [3.05, 3.63) is 39.4 Å². The van der Waals surface area contributed by atoms with Crippen LogP contribution < -0.4 is 9.62 Å². The average Bonchev–Trinajstić information content (AvgIpc) is 3.16. The van der Waals surface area contributed by atoms with Crippen molar-refractivity contribution in [1.29, 1.82) is 0 Å². The van der Waals surface area contributed by atoms with Crippen molar-refractivity contribution in [3.63, 3.8) is 0 Å². The summed E-state index contributed by atoms with van der Waals surface area (Å²) in [5, 5.41) is 3.72.